The van der Waals surface area contributed by atoms with Crippen molar-refractivity contribution in [3.63, 3.8) is 0 Å². The van der Waals surface area contributed by atoms with E-state index in [0.29, 0.717) is 0 Å². The van der Waals surface area contributed by atoms with Crippen LogP contribution in [-0.2, 0) is 0 Å². The van der Waals surface area contributed by atoms with Crippen LogP contribution in [0.3, 0.4) is 0 Å². The van der Waals surface area contributed by atoms with E-state index in [4.69, 9.17) is 22.1 Å². The molecule has 12 heavy (non-hydrogen) atoms. The zero-order valence-corrected chi connectivity index (χ0v) is 7.72. The molecule has 0 saturated heterocycles. The molecular weight excluding hydrogens is 156 g/mol. The van der Waals surface area contributed by atoms with Crippen molar-refractivity contribution >= 4 is 0 Å². The summed E-state index contributed by atoms with van der Waals surface area (Å²) in [6.45, 7) is 4.46. The van der Waals surface area contributed by atoms with Crippen molar-refractivity contribution in [3.8, 4) is 0 Å². The molecule has 0 fully saturated rings. The smallest absolute Gasteiger partial charge is 0.0654 e. The highest BCUT2D eigenvalue weighted by atomic mass is 15.0. The Morgan fingerprint density at radius 3 is 1.00 bits per heavy atom. The van der Waals surface area contributed by atoms with Crippen LogP contribution in [0.4, 0.5) is 0 Å². The lowest BCUT2D eigenvalue weighted by molar-refractivity contribution is 0.702. The Morgan fingerprint density at radius 2 is 0.917 bits per heavy atom. The van der Waals surface area contributed by atoms with Gasteiger partial charge in [0.2, 0.25) is 9.82 Å². The van der Waals surface area contributed by atoms with E-state index in [1.807, 2.05) is 9.82 Å². The lowest BCUT2D eigenvalue weighted by Crippen LogP contribution is -1.66. The predicted molar refractivity (Wildman–Crippen MR) is 45.0 cm³/mol. The lowest BCUT2D eigenvalue weighted by atomic mass is 10.2. The highest BCUT2D eigenvalue weighted by Crippen LogP contribution is 1.95. The summed E-state index contributed by atoms with van der Waals surface area (Å²) >= 11 is 0. The molecule has 0 unspecified atom stereocenters. The van der Waals surface area contributed by atoms with Gasteiger partial charge in [-0.2, -0.15) is 0 Å². The van der Waals surface area contributed by atoms with Gasteiger partial charge in [0.15, 0.2) is 0 Å². The van der Waals surface area contributed by atoms with Gasteiger partial charge >= 0.3 is 0 Å². The third kappa shape index (κ3) is 191. The predicted octanol–water partition coefficient (Wildman–Crippen LogP) is 2.82. The number of hydrogen-bond donors (Lipinski definition) is 4. The first-order chi connectivity index (χ1) is 5.74. The van der Waals surface area contributed by atoms with E-state index in [9.17, 15) is 0 Å². The van der Waals surface area contributed by atoms with Gasteiger partial charge in [-0.1, -0.05) is 39.5 Å². The van der Waals surface area contributed by atoms with Crippen LogP contribution in [0.15, 0.2) is 0 Å². The molecule has 0 aromatic heterocycles. The fourth-order valence-electron chi connectivity index (χ4n) is 0.500. The second-order valence-electron chi connectivity index (χ2n) is 1.93. The highest BCUT2D eigenvalue weighted by molar-refractivity contribution is 4.31. The van der Waals surface area contributed by atoms with Crippen molar-refractivity contribution in [1.29, 1.82) is 22.1 Å². The molecule has 0 rings (SSSR count). The normalized spacial score (nSPS) is 5.83. The molecule has 0 atom stereocenters. The minimum Gasteiger partial charge on any atom is -0.0654 e. The maximum atomic E-state index is 5.50. The SMILES string of the molecule is CCCCCC.N=[N+]=N.N=[N+]=N. The van der Waals surface area contributed by atoms with Gasteiger partial charge in [-0.05, 0) is 0 Å². The van der Waals surface area contributed by atoms with Crippen LogP contribution < -0.4 is 9.82 Å². The van der Waals surface area contributed by atoms with Crippen LogP contribution in [0.2, 0.25) is 0 Å². The van der Waals surface area contributed by atoms with Crippen LogP contribution >= 0.6 is 0 Å². The second kappa shape index (κ2) is 33.5. The Hall–Kier alpha value is -1.38. The molecule has 0 heterocycles. The van der Waals surface area contributed by atoms with Gasteiger partial charge in [-0.3, -0.25) is 0 Å². The van der Waals surface area contributed by atoms with Gasteiger partial charge in [0.05, 0.1) is 0 Å². The van der Waals surface area contributed by atoms with Crippen molar-refractivity contribution in [3.05, 3.63) is 0 Å². The first-order valence-corrected chi connectivity index (χ1v) is 3.81. The van der Waals surface area contributed by atoms with E-state index in [1.165, 1.54) is 25.7 Å². The first kappa shape index (κ1) is 16.9. The number of unbranched alkanes of at least 4 members (excludes halogenated alkanes) is 3. The molecule has 0 bridgehead atoms. The topological polar surface area (TPSA) is 124 Å². The van der Waals surface area contributed by atoms with Crippen LogP contribution in [0.5, 0.6) is 0 Å². The quantitative estimate of drug-likeness (QED) is 0.285. The van der Waals surface area contributed by atoms with Gasteiger partial charge in [-0.25, -0.2) is 0 Å². The number of nitrogens with zero attached hydrogens (tertiary/aromatic N) is 2. The molecule has 70 valence electrons. The fourth-order valence-corrected chi connectivity index (χ4v) is 0.500. The largest absolute Gasteiger partial charge is 0.211 e. The molecule has 0 radical (unpaired) electrons. The molecule has 4 N–H and O–H groups in total. The maximum Gasteiger partial charge on any atom is 0.211 e. The average Bonchev–Trinajstić information content (AvgIpc) is 2.04. The van der Waals surface area contributed by atoms with E-state index < -0.39 is 0 Å². The maximum absolute atomic E-state index is 5.50. The summed E-state index contributed by atoms with van der Waals surface area (Å²) in [6.07, 6.45) is 5.54. The first-order valence-electron chi connectivity index (χ1n) is 3.81. The Labute approximate surface area is 72.4 Å². The highest BCUT2D eigenvalue weighted by Gasteiger charge is 1.75. The molecule has 0 aliphatic heterocycles. The Bertz CT molecular complexity index is 104. The lowest BCUT2D eigenvalue weighted by Gasteiger charge is -1.86. The van der Waals surface area contributed by atoms with Crippen molar-refractivity contribution in [2.75, 3.05) is 0 Å². The third-order valence-corrected chi connectivity index (χ3v) is 0.957. The summed E-state index contributed by atoms with van der Waals surface area (Å²) < 4.78 is 0. The Morgan fingerprint density at radius 1 is 0.750 bits per heavy atom. The van der Waals surface area contributed by atoms with Gasteiger partial charge in [0.25, 0.3) is 0 Å². The summed E-state index contributed by atoms with van der Waals surface area (Å²) in [5.41, 5.74) is 22.0. The van der Waals surface area contributed by atoms with Gasteiger partial charge in [0, 0.05) is 0 Å². The minimum absolute atomic E-state index is 1.36. The average molecular weight is 174 g/mol. The van der Waals surface area contributed by atoms with Crippen molar-refractivity contribution in [2.24, 2.45) is 0 Å². The summed E-state index contributed by atoms with van der Waals surface area (Å²) in [7, 11) is 0. The summed E-state index contributed by atoms with van der Waals surface area (Å²) in [5, 5.41) is 0. The fraction of sp³-hybridized carbons (Fsp3) is 1.00. The van der Waals surface area contributed by atoms with Crippen LogP contribution in [0.1, 0.15) is 39.5 Å². The molecule has 0 aliphatic rings. The van der Waals surface area contributed by atoms with E-state index >= 15 is 0 Å². The monoisotopic (exact) mass is 174 g/mol. The van der Waals surface area contributed by atoms with Crippen molar-refractivity contribution in [2.45, 2.75) is 39.5 Å². The molecule has 0 spiro atoms. The van der Waals surface area contributed by atoms with E-state index in [0.717, 1.165) is 0 Å². The third-order valence-electron chi connectivity index (χ3n) is 0.957. The van der Waals surface area contributed by atoms with Crippen molar-refractivity contribution in [1.82, 2.24) is 9.82 Å². The van der Waals surface area contributed by atoms with Crippen LogP contribution in [0.25, 0.3) is 0 Å². The van der Waals surface area contributed by atoms with E-state index in [1.54, 1.807) is 0 Å². The van der Waals surface area contributed by atoms with Crippen LogP contribution in [-0.4, -0.2) is 0 Å². The summed E-state index contributed by atoms with van der Waals surface area (Å²) in [6, 6.07) is 0. The number of nitrogens with one attached hydrogen (secondary N) is 4. The van der Waals surface area contributed by atoms with Gasteiger partial charge in [-0.15, -0.1) is 0 Å². The molecule has 0 aromatic rings. The zero-order chi connectivity index (χ0) is 10.2. The molecule has 0 amide bonds. The van der Waals surface area contributed by atoms with Gasteiger partial charge in [0.1, 0.15) is 22.1 Å². The Kier molecular flexibility index (Phi) is 47.2. The standard InChI is InChI=1S/C6H14.2H2N3/c1-3-5-6-4-2;2*1-3-2/h3-6H2,1-2H3;2*1-2H/q;2*+1. The molecule has 6 nitrogen and oxygen atoms in total. The molecule has 0 saturated carbocycles. The molecule has 0 aliphatic carbocycles. The summed E-state index contributed by atoms with van der Waals surface area (Å²) in [5.74, 6) is 0. The van der Waals surface area contributed by atoms with Gasteiger partial charge < -0.3 is 0 Å². The second-order valence-corrected chi connectivity index (χ2v) is 1.93. The van der Waals surface area contributed by atoms with E-state index in [-0.39, 0.29) is 0 Å². The number of rotatable bonds is 3. The summed E-state index contributed by atoms with van der Waals surface area (Å²) in [4.78, 5) is 4.00. The van der Waals surface area contributed by atoms with E-state index in [2.05, 4.69) is 13.8 Å². The molecule has 0 aromatic carbocycles. The number of hydrogen-bond acceptors (Lipinski definition) is 4. The van der Waals surface area contributed by atoms with Crippen LogP contribution in [0, 0.1) is 22.1 Å². The molecular formula is C6H18N6+2. The molecule has 6 heteroatoms. The van der Waals surface area contributed by atoms with Crippen molar-refractivity contribution < 1.29 is 0 Å². The minimum atomic E-state index is 1.36. The zero-order valence-electron chi connectivity index (χ0n) is 7.72. The Balaban J connectivity index is -0.000000115.